The fourth-order valence-electron chi connectivity index (χ4n) is 2.15. The van der Waals surface area contributed by atoms with Crippen molar-refractivity contribution in [3.05, 3.63) is 34.9 Å². The van der Waals surface area contributed by atoms with E-state index in [1.807, 2.05) is 38.1 Å². The number of nitrogens with one attached hydrogen (secondary N) is 2. The maximum atomic E-state index is 12.3. The van der Waals surface area contributed by atoms with Gasteiger partial charge in [0.2, 0.25) is 0 Å². The lowest BCUT2D eigenvalue weighted by molar-refractivity contribution is -0.142. The number of guanidine groups is 1. The molecule has 0 radical (unpaired) electrons. The second-order valence-electron chi connectivity index (χ2n) is 5.50. The van der Waals surface area contributed by atoms with Gasteiger partial charge in [-0.1, -0.05) is 29.8 Å². The normalized spacial score (nSPS) is 13.4. The van der Waals surface area contributed by atoms with Crippen molar-refractivity contribution < 1.29 is 13.2 Å². The zero-order valence-corrected chi connectivity index (χ0v) is 17.6. The molecule has 0 aromatic heterocycles. The first-order valence-electron chi connectivity index (χ1n) is 7.77. The Bertz CT molecular complexity index is 540. The van der Waals surface area contributed by atoms with E-state index in [1.165, 1.54) is 11.9 Å². The fourth-order valence-corrected chi connectivity index (χ4v) is 2.45. The minimum Gasteiger partial charge on any atom is -0.357 e. The van der Waals surface area contributed by atoms with Crippen molar-refractivity contribution in [3.8, 4) is 0 Å². The van der Waals surface area contributed by atoms with Gasteiger partial charge in [-0.05, 0) is 32.5 Å². The average Bonchev–Trinajstić information content (AvgIpc) is 2.45. The Balaban J connectivity index is 0.00000576. The SMILES string of the molecule is CCNC(=NCCN(C)CC(F)(F)F)NC(C)c1ccccc1Cl.I. The largest absolute Gasteiger partial charge is 0.401 e. The Morgan fingerprint density at radius 3 is 2.52 bits per heavy atom. The van der Waals surface area contributed by atoms with Crippen molar-refractivity contribution in [1.29, 1.82) is 0 Å². The lowest BCUT2D eigenvalue weighted by Gasteiger charge is -2.20. The summed E-state index contributed by atoms with van der Waals surface area (Å²) in [5.41, 5.74) is 0.930. The number of hydrogen-bond donors (Lipinski definition) is 2. The third-order valence-electron chi connectivity index (χ3n) is 3.27. The van der Waals surface area contributed by atoms with Crippen LogP contribution in [0.1, 0.15) is 25.5 Å². The molecule has 0 amide bonds. The van der Waals surface area contributed by atoms with E-state index in [0.29, 0.717) is 17.5 Å². The average molecular weight is 493 g/mol. The van der Waals surface area contributed by atoms with Crippen LogP contribution in [0, 0.1) is 0 Å². The summed E-state index contributed by atoms with van der Waals surface area (Å²) in [4.78, 5) is 5.52. The molecule has 0 saturated carbocycles. The highest BCUT2D eigenvalue weighted by Crippen LogP contribution is 2.21. The van der Waals surface area contributed by atoms with E-state index >= 15 is 0 Å². The molecule has 9 heteroatoms. The first-order chi connectivity index (χ1) is 11.2. The van der Waals surface area contributed by atoms with Gasteiger partial charge >= 0.3 is 6.18 Å². The van der Waals surface area contributed by atoms with Gasteiger partial charge in [-0.2, -0.15) is 13.2 Å². The van der Waals surface area contributed by atoms with Gasteiger partial charge in [0.05, 0.1) is 19.1 Å². The molecule has 1 aromatic carbocycles. The number of aliphatic imine (C=N–C) groups is 1. The molecule has 0 fully saturated rings. The second kappa shape index (κ2) is 11.8. The molecule has 144 valence electrons. The number of likely N-dealkylation sites (N-methyl/N-ethyl adjacent to an activating group) is 1. The molecule has 1 unspecified atom stereocenters. The van der Waals surface area contributed by atoms with Crippen LogP contribution in [0.5, 0.6) is 0 Å². The molecular formula is C16H25ClF3IN4. The fraction of sp³-hybridized carbons (Fsp3) is 0.562. The Kier molecular flexibility index (Phi) is 11.4. The molecule has 0 heterocycles. The van der Waals surface area contributed by atoms with Crippen LogP contribution >= 0.6 is 35.6 Å². The highest BCUT2D eigenvalue weighted by atomic mass is 127. The molecule has 2 N–H and O–H groups in total. The Morgan fingerprint density at radius 2 is 1.96 bits per heavy atom. The van der Waals surface area contributed by atoms with Crippen molar-refractivity contribution in [3.63, 3.8) is 0 Å². The first kappa shape index (κ1) is 24.3. The van der Waals surface area contributed by atoms with Gasteiger partial charge in [-0.25, -0.2) is 0 Å². The molecule has 25 heavy (non-hydrogen) atoms. The lowest BCUT2D eigenvalue weighted by Crippen LogP contribution is -2.39. The number of rotatable bonds is 7. The zero-order chi connectivity index (χ0) is 18.2. The van der Waals surface area contributed by atoms with E-state index < -0.39 is 12.7 Å². The Morgan fingerprint density at radius 1 is 1.32 bits per heavy atom. The number of nitrogens with zero attached hydrogens (tertiary/aromatic N) is 2. The van der Waals surface area contributed by atoms with Crippen LogP contribution in [0.2, 0.25) is 5.02 Å². The van der Waals surface area contributed by atoms with Crippen molar-refractivity contribution in [1.82, 2.24) is 15.5 Å². The molecule has 1 atom stereocenters. The summed E-state index contributed by atoms with van der Waals surface area (Å²) in [5, 5.41) is 6.94. The molecule has 4 nitrogen and oxygen atoms in total. The van der Waals surface area contributed by atoms with Gasteiger partial charge in [0, 0.05) is 18.1 Å². The Hall–Kier alpha value is -0.740. The van der Waals surface area contributed by atoms with E-state index in [2.05, 4.69) is 15.6 Å². The maximum Gasteiger partial charge on any atom is 0.401 e. The summed E-state index contributed by atoms with van der Waals surface area (Å²) < 4.78 is 36.9. The summed E-state index contributed by atoms with van der Waals surface area (Å²) in [6.45, 7) is 4.06. The Labute approximate surface area is 169 Å². The molecule has 0 aliphatic rings. The van der Waals surface area contributed by atoms with Crippen LogP contribution in [-0.2, 0) is 0 Å². The molecule has 0 saturated heterocycles. The minimum atomic E-state index is -4.19. The molecular weight excluding hydrogens is 468 g/mol. The van der Waals surface area contributed by atoms with E-state index in [-0.39, 0.29) is 43.1 Å². The monoisotopic (exact) mass is 492 g/mol. The number of benzene rings is 1. The quantitative estimate of drug-likeness (QED) is 0.342. The van der Waals surface area contributed by atoms with Gasteiger partial charge < -0.3 is 10.6 Å². The van der Waals surface area contributed by atoms with Crippen molar-refractivity contribution in [2.24, 2.45) is 4.99 Å². The summed E-state index contributed by atoms with van der Waals surface area (Å²) in [7, 11) is 1.43. The summed E-state index contributed by atoms with van der Waals surface area (Å²) in [5.74, 6) is 0.547. The van der Waals surface area contributed by atoms with E-state index in [9.17, 15) is 13.2 Å². The van der Waals surface area contributed by atoms with Gasteiger partial charge in [0.15, 0.2) is 5.96 Å². The van der Waals surface area contributed by atoms with E-state index in [1.54, 1.807) is 0 Å². The molecule has 0 spiro atoms. The predicted octanol–water partition coefficient (Wildman–Crippen LogP) is 4.07. The molecule has 1 rings (SSSR count). The van der Waals surface area contributed by atoms with Crippen LogP contribution in [0.3, 0.4) is 0 Å². The highest BCUT2D eigenvalue weighted by molar-refractivity contribution is 14.0. The van der Waals surface area contributed by atoms with Crippen LogP contribution in [-0.4, -0.2) is 50.3 Å². The van der Waals surface area contributed by atoms with Crippen molar-refractivity contribution in [2.75, 3.05) is 33.2 Å². The smallest absolute Gasteiger partial charge is 0.357 e. The molecule has 0 aliphatic heterocycles. The number of halogens is 5. The third-order valence-corrected chi connectivity index (χ3v) is 3.61. The highest BCUT2D eigenvalue weighted by Gasteiger charge is 2.28. The van der Waals surface area contributed by atoms with Crippen molar-refractivity contribution >= 4 is 41.5 Å². The maximum absolute atomic E-state index is 12.3. The standard InChI is InChI=1S/C16H24ClF3N4.HI/c1-4-21-15(22-9-10-24(3)11-16(18,19)20)23-12(2)13-7-5-6-8-14(13)17;/h5-8,12H,4,9-11H2,1-3H3,(H2,21,22,23);1H. The lowest BCUT2D eigenvalue weighted by atomic mass is 10.1. The number of alkyl halides is 3. The van der Waals surface area contributed by atoms with Crippen LogP contribution < -0.4 is 10.6 Å². The molecule has 1 aromatic rings. The van der Waals surface area contributed by atoms with Crippen LogP contribution in [0.25, 0.3) is 0 Å². The van der Waals surface area contributed by atoms with E-state index in [0.717, 1.165) is 5.56 Å². The third kappa shape index (κ3) is 10.1. The second-order valence-corrected chi connectivity index (χ2v) is 5.91. The predicted molar refractivity (Wildman–Crippen MR) is 108 cm³/mol. The van der Waals surface area contributed by atoms with Crippen molar-refractivity contribution in [2.45, 2.75) is 26.1 Å². The van der Waals surface area contributed by atoms with Gasteiger partial charge in [0.25, 0.3) is 0 Å². The summed E-state index contributed by atoms with van der Waals surface area (Å²) in [6, 6.07) is 7.40. The van der Waals surface area contributed by atoms with Gasteiger partial charge in [0.1, 0.15) is 0 Å². The molecule has 0 aliphatic carbocycles. The first-order valence-corrected chi connectivity index (χ1v) is 8.15. The topological polar surface area (TPSA) is 39.7 Å². The van der Waals surface area contributed by atoms with Gasteiger partial charge in [-0.15, -0.1) is 24.0 Å². The summed E-state index contributed by atoms with van der Waals surface area (Å²) in [6.07, 6.45) is -4.19. The summed E-state index contributed by atoms with van der Waals surface area (Å²) >= 11 is 6.17. The molecule has 0 bridgehead atoms. The van der Waals surface area contributed by atoms with E-state index in [4.69, 9.17) is 11.6 Å². The number of hydrogen-bond acceptors (Lipinski definition) is 2. The van der Waals surface area contributed by atoms with Gasteiger partial charge in [-0.3, -0.25) is 9.89 Å². The zero-order valence-electron chi connectivity index (χ0n) is 14.5. The van der Waals surface area contributed by atoms with Crippen LogP contribution in [0.15, 0.2) is 29.3 Å². The minimum absolute atomic E-state index is 0. The van der Waals surface area contributed by atoms with Crippen LogP contribution in [0.4, 0.5) is 13.2 Å².